The number of nitrogens with zero attached hydrogens (tertiary/aromatic N) is 1. The summed E-state index contributed by atoms with van der Waals surface area (Å²) < 4.78 is 37.2. The van der Waals surface area contributed by atoms with E-state index < -0.39 is 5.51 Å². The molecule has 4 nitrogen and oxygen atoms in total. The first-order valence-corrected chi connectivity index (χ1v) is 9.64. The Hall–Kier alpha value is -2.48. The summed E-state index contributed by atoms with van der Waals surface area (Å²) in [7, 11) is 0. The summed E-state index contributed by atoms with van der Waals surface area (Å²) in [5.74, 6) is -0.348. The Morgan fingerprint density at radius 3 is 2.11 bits per heavy atom. The molecule has 2 amide bonds. The van der Waals surface area contributed by atoms with E-state index >= 15 is 0 Å². The predicted molar refractivity (Wildman–Crippen MR) is 101 cm³/mol. The quantitative estimate of drug-likeness (QED) is 0.766. The van der Waals surface area contributed by atoms with Crippen LogP contribution in [0.25, 0.3) is 0 Å². The topological polar surface area (TPSA) is 49.4 Å². The molecule has 148 valence electrons. The lowest BCUT2D eigenvalue weighted by Crippen LogP contribution is -2.46. The number of carbonyl (C=O) groups is 2. The molecule has 1 saturated heterocycles. The zero-order valence-electron chi connectivity index (χ0n) is 14.9. The zero-order chi connectivity index (χ0) is 20.1. The highest BCUT2D eigenvalue weighted by molar-refractivity contribution is 8.00. The van der Waals surface area contributed by atoms with Gasteiger partial charge in [0.15, 0.2) is 0 Å². The van der Waals surface area contributed by atoms with Gasteiger partial charge in [-0.15, -0.1) is 0 Å². The Morgan fingerprint density at radius 2 is 1.54 bits per heavy atom. The minimum atomic E-state index is -4.35. The zero-order valence-corrected chi connectivity index (χ0v) is 15.7. The lowest BCUT2D eigenvalue weighted by molar-refractivity contribution is -0.0328. The van der Waals surface area contributed by atoms with Gasteiger partial charge in [-0.25, -0.2) is 0 Å². The molecule has 0 aromatic heterocycles. The molecule has 3 rings (SSSR count). The third-order valence-electron chi connectivity index (χ3n) is 4.49. The number of likely N-dealkylation sites (tertiary alicyclic amines) is 1. The summed E-state index contributed by atoms with van der Waals surface area (Å²) in [6.07, 6.45) is 1.26. The third kappa shape index (κ3) is 5.51. The molecule has 0 atom stereocenters. The molecule has 0 aliphatic carbocycles. The first-order valence-electron chi connectivity index (χ1n) is 8.83. The minimum Gasteiger partial charge on any atom is -0.349 e. The van der Waals surface area contributed by atoms with Gasteiger partial charge in [0.25, 0.3) is 11.8 Å². The molecule has 1 fully saturated rings. The highest BCUT2D eigenvalue weighted by Gasteiger charge is 2.29. The van der Waals surface area contributed by atoms with E-state index in [1.54, 1.807) is 29.2 Å². The summed E-state index contributed by atoms with van der Waals surface area (Å²) in [6.45, 7) is 0.968. The van der Waals surface area contributed by atoms with E-state index in [1.807, 2.05) is 6.07 Å². The lowest BCUT2D eigenvalue weighted by Gasteiger charge is -2.32. The van der Waals surface area contributed by atoms with Gasteiger partial charge in [0, 0.05) is 35.2 Å². The minimum absolute atomic E-state index is 0.0117. The maximum Gasteiger partial charge on any atom is 0.446 e. The van der Waals surface area contributed by atoms with Crippen LogP contribution >= 0.6 is 11.8 Å². The molecule has 0 saturated carbocycles. The van der Waals surface area contributed by atoms with Gasteiger partial charge in [0.1, 0.15) is 0 Å². The number of nitrogens with one attached hydrogen (secondary N) is 1. The molecule has 1 aliphatic rings. The first kappa shape index (κ1) is 20.3. The molecule has 1 N–H and O–H groups in total. The number of alkyl halides is 3. The molecular formula is C20H19F3N2O2S. The van der Waals surface area contributed by atoms with E-state index in [4.69, 9.17) is 0 Å². The van der Waals surface area contributed by atoms with Crippen LogP contribution in [-0.2, 0) is 0 Å². The van der Waals surface area contributed by atoms with E-state index in [2.05, 4.69) is 5.32 Å². The molecular weight excluding hydrogens is 389 g/mol. The number of hydrogen-bond donors (Lipinski definition) is 1. The predicted octanol–water partition coefficient (Wildman–Crippen LogP) is 4.33. The fraction of sp³-hybridized carbons (Fsp3) is 0.300. The van der Waals surface area contributed by atoms with Crippen molar-refractivity contribution >= 4 is 23.6 Å². The van der Waals surface area contributed by atoms with Crippen LogP contribution in [0.5, 0.6) is 0 Å². The number of amides is 2. The lowest BCUT2D eigenvalue weighted by atomic mass is 10.0. The molecule has 0 unspecified atom stereocenters. The standard InChI is InChI=1S/C20H19F3N2O2S/c21-20(22,23)28-17-8-6-15(7-9-17)19(27)25-12-10-16(11-13-25)24-18(26)14-4-2-1-3-5-14/h1-9,16H,10-13H2,(H,24,26). The molecule has 1 aliphatic heterocycles. The fourth-order valence-electron chi connectivity index (χ4n) is 3.07. The monoisotopic (exact) mass is 408 g/mol. The number of hydrogen-bond acceptors (Lipinski definition) is 3. The van der Waals surface area contributed by atoms with Crippen molar-refractivity contribution < 1.29 is 22.8 Å². The summed E-state index contributed by atoms with van der Waals surface area (Å²) in [5, 5.41) is 2.98. The fourth-order valence-corrected chi connectivity index (χ4v) is 3.61. The van der Waals surface area contributed by atoms with Crippen LogP contribution < -0.4 is 5.32 Å². The van der Waals surface area contributed by atoms with Crippen LogP contribution in [0.4, 0.5) is 13.2 Å². The van der Waals surface area contributed by atoms with Gasteiger partial charge in [-0.05, 0) is 61.0 Å². The van der Waals surface area contributed by atoms with E-state index in [0.717, 1.165) is 0 Å². The molecule has 2 aromatic carbocycles. The van der Waals surface area contributed by atoms with Crippen LogP contribution in [0.1, 0.15) is 33.6 Å². The highest BCUT2D eigenvalue weighted by atomic mass is 32.2. The Bertz CT molecular complexity index is 818. The number of benzene rings is 2. The molecule has 2 aromatic rings. The smallest absolute Gasteiger partial charge is 0.349 e. The second-order valence-corrected chi connectivity index (χ2v) is 7.62. The van der Waals surface area contributed by atoms with Crippen molar-refractivity contribution in [1.29, 1.82) is 0 Å². The number of rotatable bonds is 4. The SMILES string of the molecule is O=C(NC1CCN(C(=O)c2ccc(SC(F)(F)F)cc2)CC1)c1ccccc1. The average Bonchev–Trinajstić information content (AvgIpc) is 2.68. The van der Waals surface area contributed by atoms with Gasteiger partial charge >= 0.3 is 5.51 Å². The molecule has 0 spiro atoms. The number of halogens is 3. The van der Waals surface area contributed by atoms with Crippen molar-refractivity contribution in [3.63, 3.8) is 0 Å². The van der Waals surface area contributed by atoms with Gasteiger partial charge in [-0.1, -0.05) is 18.2 Å². The van der Waals surface area contributed by atoms with Gasteiger partial charge in [-0.3, -0.25) is 9.59 Å². The summed E-state index contributed by atoms with van der Waals surface area (Å²) in [6, 6.07) is 14.4. The Morgan fingerprint density at radius 1 is 0.929 bits per heavy atom. The Kier molecular flexibility index (Phi) is 6.28. The molecule has 8 heteroatoms. The Labute approximate surface area is 165 Å². The molecule has 0 bridgehead atoms. The maximum atomic E-state index is 12.6. The second-order valence-electron chi connectivity index (χ2n) is 6.48. The summed E-state index contributed by atoms with van der Waals surface area (Å²) >= 11 is -0.204. The normalized spacial score (nSPS) is 15.3. The molecule has 28 heavy (non-hydrogen) atoms. The van der Waals surface area contributed by atoms with Gasteiger partial charge in [-0.2, -0.15) is 13.2 Å². The van der Waals surface area contributed by atoms with Crippen LogP contribution in [0.3, 0.4) is 0 Å². The van der Waals surface area contributed by atoms with E-state index in [1.165, 1.54) is 24.3 Å². The number of piperidine rings is 1. The summed E-state index contributed by atoms with van der Waals surface area (Å²) in [5.41, 5.74) is -3.39. The first-order chi connectivity index (χ1) is 13.3. The summed E-state index contributed by atoms with van der Waals surface area (Å²) in [4.78, 5) is 26.5. The third-order valence-corrected chi connectivity index (χ3v) is 5.23. The van der Waals surface area contributed by atoms with E-state index in [-0.39, 0.29) is 34.5 Å². The van der Waals surface area contributed by atoms with Crippen LogP contribution in [0.15, 0.2) is 59.5 Å². The highest BCUT2D eigenvalue weighted by Crippen LogP contribution is 2.36. The molecule has 1 heterocycles. The van der Waals surface area contributed by atoms with Crippen molar-refractivity contribution in [1.82, 2.24) is 10.2 Å². The van der Waals surface area contributed by atoms with Crippen LogP contribution in [-0.4, -0.2) is 41.4 Å². The Balaban J connectivity index is 1.51. The van der Waals surface area contributed by atoms with Crippen molar-refractivity contribution in [3.05, 3.63) is 65.7 Å². The van der Waals surface area contributed by atoms with Crippen molar-refractivity contribution in [2.24, 2.45) is 0 Å². The van der Waals surface area contributed by atoms with Crippen LogP contribution in [0, 0.1) is 0 Å². The average molecular weight is 408 g/mol. The molecule has 0 radical (unpaired) electrons. The van der Waals surface area contributed by atoms with Gasteiger partial charge in [0.05, 0.1) is 0 Å². The second kappa shape index (κ2) is 8.68. The van der Waals surface area contributed by atoms with E-state index in [0.29, 0.717) is 37.1 Å². The van der Waals surface area contributed by atoms with Crippen molar-refractivity contribution in [2.75, 3.05) is 13.1 Å². The van der Waals surface area contributed by atoms with Gasteiger partial charge in [0.2, 0.25) is 0 Å². The largest absolute Gasteiger partial charge is 0.446 e. The van der Waals surface area contributed by atoms with Gasteiger partial charge < -0.3 is 10.2 Å². The van der Waals surface area contributed by atoms with E-state index in [9.17, 15) is 22.8 Å². The van der Waals surface area contributed by atoms with Crippen molar-refractivity contribution in [3.8, 4) is 0 Å². The number of carbonyl (C=O) groups excluding carboxylic acids is 2. The number of thioether (sulfide) groups is 1. The van der Waals surface area contributed by atoms with Crippen LogP contribution in [0.2, 0.25) is 0 Å². The van der Waals surface area contributed by atoms with Crippen molar-refractivity contribution in [2.45, 2.75) is 29.3 Å². The maximum absolute atomic E-state index is 12.6.